The van der Waals surface area contributed by atoms with E-state index in [0.717, 1.165) is 0 Å². The molecule has 0 aliphatic carbocycles. The number of terminal acetylenes is 1. The molecule has 0 bridgehead atoms. The van der Waals surface area contributed by atoms with Gasteiger partial charge < -0.3 is 0 Å². The third-order valence-corrected chi connectivity index (χ3v) is 3.59. The zero-order valence-corrected chi connectivity index (χ0v) is 9.64. The van der Waals surface area contributed by atoms with E-state index in [0.29, 0.717) is 5.69 Å². The fourth-order valence-electron chi connectivity index (χ4n) is 1.03. The van der Waals surface area contributed by atoms with E-state index in [2.05, 4.69) is 20.8 Å². The zero-order chi connectivity index (χ0) is 11.7. The molecule has 1 aromatic rings. The highest BCUT2D eigenvalue weighted by Crippen LogP contribution is 2.14. The van der Waals surface area contributed by atoms with Crippen LogP contribution in [0.2, 0.25) is 0 Å². The lowest BCUT2D eigenvalue weighted by molar-refractivity contribution is 0.538. The minimum atomic E-state index is -3.60. The highest BCUT2D eigenvalue weighted by molar-refractivity contribution is 7.89. The van der Waals surface area contributed by atoms with Crippen molar-refractivity contribution in [2.75, 3.05) is 0 Å². The van der Waals surface area contributed by atoms with Gasteiger partial charge in [-0.15, -0.1) is 6.42 Å². The van der Waals surface area contributed by atoms with Crippen molar-refractivity contribution in [1.82, 2.24) is 14.9 Å². The lowest BCUT2D eigenvalue weighted by Crippen LogP contribution is -2.42. The number of sulfonamides is 1. The fraction of sp³-hybridized carbons (Fsp3) is 0.444. The Kier molecular flexibility index (Phi) is 2.88. The Morgan fingerprint density at radius 1 is 1.60 bits per heavy atom. The Labute approximate surface area is 89.3 Å². The first-order valence-corrected chi connectivity index (χ1v) is 5.78. The van der Waals surface area contributed by atoms with E-state index < -0.39 is 15.6 Å². The molecule has 0 aromatic carbocycles. The van der Waals surface area contributed by atoms with Crippen LogP contribution in [0.1, 0.15) is 19.5 Å². The van der Waals surface area contributed by atoms with Crippen LogP contribution >= 0.6 is 0 Å². The summed E-state index contributed by atoms with van der Waals surface area (Å²) in [5, 5.41) is 6.21. The quantitative estimate of drug-likeness (QED) is 0.734. The normalized spacial score (nSPS) is 12.4. The Hall–Kier alpha value is -1.32. The van der Waals surface area contributed by atoms with E-state index in [4.69, 9.17) is 6.42 Å². The molecule has 15 heavy (non-hydrogen) atoms. The first-order valence-electron chi connectivity index (χ1n) is 4.30. The number of aromatic amines is 1. The number of nitrogens with zero attached hydrogens (tertiary/aromatic N) is 1. The van der Waals surface area contributed by atoms with Crippen LogP contribution in [0, 0.1) is 19.3 Å². The number of aryl methyl sites for hydroxylation is 1. The van der Waals surface area contributed by atoms with Crippen molar-refractivity contribution in [3.63, 3.8) is 0 Å². The van der Waals surface area contributed by atoms with E-state index in [1.54, 1.807) is 20.8 Å². The molecule has 0 amide bonds. The van der Waals surface area contributed by atoms with E-state index in [1.165, 1.54) is 6.20 Å². The molecule has 5 nitrogen and oxygen atoms in total. The fourth-order valence-corrected chi connectivity index (χ4v) is 2.51. The van der Waals surface area contributed by atoms with Crippen LogP contribution in [0.15, 0.2) is 11.1 Å². The summed E-state index contributed by atoms with van der Waals surface area (Å²) >= 11 is 0. The topological polar surface area (TPSA) is 74.8 Å². The van der Waals surface area contributed by atoms with E-state index >= 15 is 0 Å². The van der Waals surface area contributed by atoms with Gasteiger partial charge >= 0.3 is 0 Å². The molecular formula is C9H13N3O2S. The maximum absolute atomic E-state index is 11.8. The molecule has 0 saturated carbocycles. The number of nitrogens with one attached hydrogen (secondary N) is 2. The molecule has 0 aliphatic heterocycles. The molecule has 0 atom stereocenters. The van der Waals surface area contributed by atoms with Gasteiger partial charge in [-0.2, -0.15) is 9.82 Å². The molecule has 0 spiro atoms. The van der Waals surface area contributed by atoms with Crippen LogP contribution in [0.4, 0.5) is 0 Å². The molecule has 0 aliphatic rings. The highest BCUT2D eigenvalue weighted by atomic mass is 32.2. The van der Waals surface area contributed by atoms with Gasteiger partial charge in [-0.1, -0.05) is 5.92 Å². The first-order chi connectivity index (χ1) is 6.78. The standard InChI is InChI=1S/C9H13N3O2S/c1-5-9(3,4)12-15(13,14)8-6-10-11-7(8)2/h1,6,12H,2-4H3,(H,10,11). The molecule has 1 heterocycles. The van der Waals surface area contributed by atoms with Gasteiger partial charge in [-0.25, -0.2) is 8.42 Å². The van der Waals surface area contributed by atoms with Gasteiger partial charge in [0.2, 0.25) is 10.0 Å². The smallest absolute Gasteiger partial charge is 0.245 e. The summed E-state index contributed by atoms with van der Waals surface area (Å²) in [5.41, 5.74) is -0.432. The third-order valence-electron chi connectivity index (χ3n) is 1.82. The summed E-state index contributed by atoms with van der Waals surface area (Å²) in [7, 11) is -3.60. The summed E-state index contributed by atoms with van der Waals surface area (Å²) in [6.45, 7) is 4.85. The zero-order valence-electron chi connectivity index (χ0n) is 8.83. The monoisotopic (exact) mass is 227 g/mol. The molecule has 0 fully saturated rings. The van der Waals surface area contributed by atoms with Crippen molar-refractivity contribution >= 4 is 10.0 Å². The van der Waals surface area contributed by atoms with Crippen molar-refractivity contribution in [2.45, 2.75) is 31.2 Å². The van der Waals surface area contributed by atoms with Gasteiger partial charge in [0.05, 0.1) is 17.4 Å². The second-order valence-corrected chi connectivity index (χ2v) is 5.38. The first kappa shape index (κ1) is 11.8. The number of rotatable bonds is 3. The lowest BCUT2D eigenvalue weighted by atomic mass is 10.1. The van der Waals surface area contributed by atoms with Crippen molar-refractivity contribution < 1.29 is 8.42 Å². The number of H-pyrrole nitrogens is 1. The Morgan fingerprint density at radius 2 is 2.20 bits per heavy atom. The summed E-state index contributed by atoms with van der Waals surface area (Å²) in [4.78, 5) is 0.117. The molecule has 0 unspecified atom stereocenters. The van der Waals surface area contributed by atoms with Crippen LogP contribution in [0.3, 0.4) is 0 Å². The predicted octanol–water partition coefficient (Wildman–Crippen LogP) is 0.408. The van der Waals surface area contributed by atoms with Gasteiger partial charge in [0, 0.05) is 0 Å². The Morgan fingerprint density at radius 3 is 2.60 bits per heavy atom. The van der Waals surface area contributed by atoms with Crippen LogP contribution in [0.25, 0.3) is 0 Å². The average molecular weight is 227 g/mol. The van der Waals surface area contributed by atoms with Crippen LogP contribution in [-0.4, -0.2) is 24.2 Å². The van der Waals surface area contributed by atoms with Gasteiger partial charge in [-0.3, -0.25) is 5.10 Å². The SMILES string of the molecule is C#CC(C)(C)NS(=O)(=O)c1cn[nH]c1C. The van der Waals surface area contributed by atoms with E-state index in [-0.39, 0.29) is 4.90 Å². The van der Waals surface area contributed by atoms with Crippen LogP contribution in [-0.2, 0) is 10.0 Å². The van der Waals surface area contributed by atoms with Gasteiger partial charge in [0.25, 0.3) is 0 Å². The highest BCUT2D eigenvalue weighted by Gasteiger charge is 2.26. The van der Waals surface area contributed by atoms with E-state index in [9.17, 15) is 8.42 Å². The average Bonchev–Trinajstić information content (AvgIpc) is 2.50. The van der Waals surface area contributed by atoms with Crippen LogP contribution in [0.5, 0.6) is 0 Å². The molecule has 0 saturated heterocycles. The molecule has 0 radical (unpaired) electrons. The van der Waals surface area contributed by atoms with Crippen LogP contribution < -0.4 is 4.72 Å². The summed E-state index contributed by atoms with van der Waals surface area (Å²) in [5.74, 6) is 2.36. The molecule has 1 rings (SSSR count). The van der Waals surface area contributed by atoms with Gasteiger partial charge in [-0.05, 0) is 20.8 Å². The molecule has 82 valence electrons. The summed E-state index contributed by atoms with van der Waals surface area (Å²) in [6.07, 6.45) is 6.46. The van der Waals surface area contributed by atoms with Crippen molar-refractivity contribution in [2.24, 2.45) is 0 Å². The van der Waals surface area contributed by atoms with Crippen molar-refractivity contribution in [3.8, 4) is 12.3 Å². The molecule has 1 aromatic heterocycles. The second-order valence-electron chi connectivity index (χ2n) is 3.73. The Bertz CT molecular complexity index is 494. The summed E-state index contributed by atoms with van der Waals surface area (Å²) < 4.78 is 26.0. The second kappa shape index (κ2) is 3.68. The van der Waals surface area contributed by atoms with Gasteiger partial charge in [0.15, 0.2) is 0 Å². The van der Waals surface area contributed by atoms with Crippen molar-refractivity contribution in [3.05, 3.63) is 11.9 Å². The minimum absolute atomic E-state index is 0.117. The number of aromatic nitrogens is 2. The number of hydrogen-bond donors (Lipinski definition) is 2. The Balaban J connectivity index is 3.08. The largest absolute Gasteiger partial charge is 0.281 e. The summed E-state index contributed by atoms with van der Waals surface area (Å²) in [6, 6.07) is 0. The predicted molar refractivity (Wildman–Crippen MR) is 56.6 cm³/mol. The maximum Gasteiger partial charge on any atom is 0.245 e. The van der Waals surface area contributed by atoms with E-state index in [1.807, 2.05) is 0 Å². The number of hydrogen-bond acceptors (Lipinski definition) is 3. The third kappa shape index (κ3) is 2.58. The molecular weight excluding hydrogens is 214 g/mol. The minimum Gasteiger partial charge on any atom is -0.281 e. The van der Waals surface area contributed by atoms with Crippen molar-refractivity contribution in [1.29, 1.82) is 0 Å². The van der Waals surface area contributed by atoms with Gasteiger partial charge in [0.1, 0.15) is 4.90 Å². The molecule has 6 heteroatoms. The molecule has 2 N–H and O–H groups in total. The maximum atomic E-state index is 11.8. The lowest BCUT2D eigenvalue weighted by Gasteiger charge is -2.18.